The molecule has 124 valence electrons. The maximum absolute atomic E-state index is 6.46. The highest BCUT2D eigenvalue weighted by Crippen LogP contribution is 2.51. The Morgan fingerprint density at radius 3 is 2.87 bits per heavy atom. The van der Waals surface area contributed by atoms with Gasteiger partial charge in [-0.2, -0.15) is 5.06 Å². The summed E-state index contributed by atoms with van der Waals surface area (Å²) >= 11 is 0. The highest BCUT2D eigenvalue weighted by atomic mass is 16.7. The van der Waals surface area contributed by atoms with E-state index in [1.165, 1.54) is 24.0 Å². The molecule has 0 amide bonds. The number of benzene rings is 1. The molecule has 0 radical (unpaired) electrons. The van der Waals surface area contributed by atoms with Gasteiger partial charge < -0.3 is 5.32 Å². The molecule has 1 aliphatic carbocycles. The Labute approximate surface area is 139 Å². The van der Waals surface area contributed by atoms with E-state index in [0.717, 1.165) is 19.6 Å². The van der Waals surface area contributed by atoms with E-state index >= 15 is 0 Å². The minimum absolute atomic E-state index is 0.0502. The van der Waals surface area contributed by atoms with Gasteiger partial charge in [0.15, 0.2) is 0 Å². The van der Waals surface area contributed by atoms with Crippen LogP contribution in [0.2, 0.25) is 0 Å². The molecule has 1 N–H and O–H groups in total. The quantitative estimate of drug-likeness (QED) is 0.903. The third-order valence-corrected chi connectivity index (χ3v) is 5.65. The molecular weight excluding hydrogens is 284 g/mol. The number of hydrogen-bond donors (Lipinski definition) is 1. The summed E-state index contributed by atoms with van der Waals surface area (Å²) < 4.78 is 0. The maximum atomic E-state index is 6.46. The number of hydrogen-bond acceptors (Lipinski definition) is 3. The van der Waals surface area contributed by atoms with Gasteiger partial charge in [0.05, 0.1) is 11.1 Å². The number of nitrogens with zero attached hydrogens (tertiary/aromatic N) is 1. The summed E-state index contributed by atoms with van der Waals surface area (Å²) in [6.45, 7) is 9.65. The summed E-state index contributed by atoms with van der Waals surface area (Å²) in [5.74, 6) is 1.12. The average Bonchev–Trinajstić information content (AvgIpc) is 3.09. The molecule has 4 rings (SSSR count). The van der Waals surface area contributed by atoms with Gasteiger partial charge in [0.25, 0.3) is 0 Å². The van der Waals surface area contributed by atoms with Gasteiger partial charge >= 0.3 is 0 Å². The summed E-state index contributed by atoms with van der Waals surface area (Å²) in [6, 6.07) is 8.84. The molecule has 0 aromatic heterocycles. The van der Waals surface area contributed by atoms with Crippen LogP contribution in [0.5, 0.6) is 0 Å². The van der Waals surface area contributed by atoms with Crippen molar-refractivity contribution in [3.63, 3.8) is 0 Å². The molecule has 3 nitrogen and oxygen atoms in total. The third-order valence-electron chi connectivity index (χ3n) is 5.65. The lowest BCUT2D eigenvalue weighted by Crippen LogP contribution is -2.62. The average molecular weight is 312 g/mol. The topological polar surface area (TPSA) is 24.5 Å². The van der Waals surface area contributed by atoms with E-state index in [1.54, 1.807) is 0 Å². The molecule has 2 saturated heterocycles. The predicted octanol–water partition coefficient (Wildman–Crippen LogP) is 3.58. The molecule has 3 unspecified atom stereocenters. The number of rotatable bonds is 2. The van der Waals surface area contributed by atoms with Gasteiger partial charge in [0.2, 0.25) is 0 Å². The van der Waals surface area contributed by atoms with Crippen LogP contribution in [0.15, 0.2) is 30.3 Å². The fourth-order valence-corrected chi connectivity index (χ4v) is 4.79. The first-order valence-electron chi connectivity index (χ1n) is 8.95. The Morgan fingerprint density at radius 1 is 1.22 bits per heavy atom. The van der Waals surface area contributed by atoms with Crippen LogP contribution in [0.4, 0.5) is 0 Å². The Morgan fingerprint density at radius 2 is 2.04 bits per heavy atom. The van der Waals surface area contributed by atoms with Crippen molar-refractivity contribution in [3.8, 4) is 0 Å². The number of fused-ring (bicyclic) bond motifs is 2. The monoisotopic (exact) mass is 312 g/mol. The van der Waals surface area contributed by atoms with Crippen LogP contribution in [-0.2, 0) is 4.84 Å². The van der Waals surface area contributed by atoms with Crippen molar-refractivity contribution in [1.29, 1.82) is 0 Å². The molecule has 2 heterocycles. The summed E-state index contributed by atoms with van der Waals surface area (Å²) in [7, 11) is 0. The second-order valence-electron chi connectivity index (χ2n) is 8.21. The molecule has 3 heteroatoms. The highest BCUT2D eigenvalue weighted by molar-refractivity contribution is 5.63. The van der Waals surface area contributed by atoms with Gasteiger partial charge in [0, 0.05) is 19.0 Å². The Hall–Kier alpha value is -1.16. The number of nitrogens with one attached hydrogen (secondary N) is 1. The molecule has 0 bridgehead atoms. The summed E-state index contributed by atoms with van der Waals surface area (Å²) in [6.07, 6.45) is 7.20. The van der Waals surface area contributed by atoms with E-state index < -0.39 is 0 Å². The fraction of sp³-hybridized carbons (Fsp3) is 0.600. The van der Waals surface area contributed by atoms with Crippen molar-refractivity contribution in [1.82, 2.24) is 10.4 Å². The molecule has 0 saturated carbocycles. The zero-order valence-electron chi connectivity index (χ0n) is 14.5. The Kier molecular flexibility index (Phi) is 3.63. The van der Waals surface area contributed by atoms with Gasteiger partial charge in [-0.25, -0.2) is 0 Å². The van der Waals surface area contributed by atoms with E-state index in [2.05, 4.69) is 67.6 Å². The van der Waals surface area contributed by atoms with Crippen molar-refractivity contribution < 1.29 is 4.84 Å². The molecule has 1 aromatic rings. The second-order valence-corrected chi connectivity index (χ2v) is 8.21. The molecule has 23 heavy (non-hydrogen) atoms. The lowest BCUT2D eigenvalue weighted by molar-refractivity contribution is -0.271. The van der Waals surface area contributed by atoms with E-state index in [0.29, 0.717) is 11.8 Å². The van der Waals surface area contributed by atoms with Crippen LogP contribution in [0.25, 0.3) is 6.08 Å². The third kappa shape index (κ3) is 2.46. The van der Waals surface area contributed by atoms with E-state index in [4.69, 9.17) is 4.84 Å². The van der Waals surface area contributed by atoms with Gasteiger partial charge in [-0.3, -0.25) is 4.84 Å². The first-order chi connectivity index (χ1) is 11.0. The first kappa shape index (κ1) is 15.4. The maximum Gasteiger partial charge on any atom is 0.0816 e. The second kappa shape index (κ2) is 5.44. The van der Waals surface area contributed by atoms with Gasteiger partial charge in [0.1, 0.15) is 0 Å². The van der Waals surface area contributed by atoms with Crippen LogP contribution >= 0.6 is 0 Å². The zero-order chi connectivity index (χ0) is 16.1. The van der Waals surface area contributed by atoms with Crippen molar-refractivity contribution in [2.45, 2.75) is 50.7 Å². The van der Waals surface area contributed by atoms with Crippen LogP contribution in [0, 0.1) is 5.92 Å². The van der Waals surface area contributed by atoms with Gasteiger partial charge in [-0.05, 0) is 57.2 Å². The zero-order valence-corrected chi connectivity index (χ0v) is 14.5. The normalized spacial score (nSPS) is 33.7. The van der Waals surface area contributed by atoms with E-state index in [9.17, 15) is 0 Å². The SMILES string of the molecule is CC(C)(C)ON1CCC2CCNCC21C1C=Cc2ccccc21. The molecule has 0 spiro atoms. The standard InChI is InChI=1S/C20H28N2O/c1-19(2,3)23-22-13-11-16-10-12-21-14-20(16,22)18-9-8-15-6-4-5-7-17(15)18/h4-9,16,18,21H,10-14H2,1-3H3. The van der Waals surface area contributed by atoms with E-state index in [-0.39, 0.29) is 11.1 Å². The largest absolute Gasteiger partial charge is 0.315 e. The molecule has 3 atom stereocenters. The van der Waals surface area contributed by atoms with Crippen molar-refractivity contribution >= 4 is 6.08 Å². The molecular formula is C20H28N2O. The summed E-state index contributed by atoms with van der Waals surface area (Å²) in [5, 5.41) is 6.00. The molecule has 2 fully saturated rings. The molecule has 2 aliphatic heterocycles. The van der Waals surface area contributed by atoms with Crippen molar-refractivity contribution in [2.75, 3.05) is 19.6 Å². The summed E-state index contributed by atoms with van der Waals surface area (Å²) in [5.41, 5.74) is 2.74. The van der Waals surface area contributed by atoms with Gasteiger partial charge in [-0.15, -0.1) is 0 Å². The van der Waals surface area contributed by atoms with Crippen LogP contribution in [-0.4, -0.2) is 35.8 Å². The number of hydroxylamine groups is 2. The smallest absolute Gasteiger partial charge is 0.0816 e. The van der Waals surface area contributed by atoms with Crippen LogP contribution < -0.4 is 5.32 Å². The lowest BCUT2D eigenvalue weighted by Gasteiger charge is -2.50. The van der Waals surface area contributed by atoms with Crippen molar-refractivity contribution in [3.05, 3.63) is 41.5 Å². The highest BCUT2D eigenvalue weighted by Gasteiger charge is 2.56. The minimum Gasteiger partial charge on any atom is -0.315 e. The lowest BCUT2D eigenvalue weighted by atomic mass is 9.70. The summed E-state index contributed by atoms with van der Waals surface area (Å²) in [4.78, 5) is 6.46. The van der Waals surface area contributed by atoms with Crippen LogP contribution in [0.1, 0.15) is 50.7 Å². The molecule has 3 aliphatic rings. The Bertz CT molecular complexity index is 618. The first-order valence-corrected chi connectivity index (χ1v) is 8.95. The van der Waals surface area contributed by atoms with Crippen LogP contribution in [0.3, 0.4) is 0 Å². The van der Waals surface area contributed by atoms with Gasteiger partial charge in [-0.1, -0.05) is 36.4 Å². The fourth-order valence-electron chi connectivity index (χ4n) is 4.79. The van der Waals surface area contributed by atoms with Crippen molar-refractivity contribution in [2.24, 2.45) is 5.92 Å². The predicted molar refractivity (Wildman–Crippen MR) is 94.1 cm³/mol. The molecule has 1 aromatic carbocycles. The Balaban J connectivity index is 1.76. The number of piperidine rings is 1. The minimum atomic E-state index is -0.152. The van der Waals surface area contributed by atoms with E-state index in [1.807, 2.05) is 0 Å².